The van der Waals surface area contributed by atoms with Gasteiger partial charge >= 0.3 is 0 Å². The highest BCUT2D eigenvalue weighted by Gasteiger charge is 2.23. The van der Waals surface area contributed by atoms with Crippen molar-refractivity contribution in [1.82, 2.24) is 14.9 Å². The molecule has 5 nitrogen and oxygen atoms in total. The molecule has 0 unspecified atom stereocenters. The number of fused-ring (bicyclic) bond motifs is 1. The maximum Gasteiger partial charge on any atom is 0.165 e. The average Bonchev–Trinajstić information content (AvgIpc) is 2.68. The molecule has 0 atom stereocenters. The van der Waals surface area contributed by atoms with E-state index >= 15 is 0 Å². The molecule has 2 heterocycles. The minimum atomic E-state index is -0.302. The van der Waals surface area contributed by atoms with Crippen LogP contribution in [0.5, 0.6) is 5.75 Å². The van der Waals surface area contributed by atoms with Crippen molar-refractivity contribution < 1.29 is 9.50 Å². The highest BCUT2D eigenvalue weighted by Crippen LogP contribution is 2.32. The Bertz CT molecular complexity index is 968. The molecule has 0 bridgehead atoms. The standard InChI is InChI=1S/C21H23FN4O/c1-14(2)25-9-11-26(12-10-25)21-17-13-15(22)7-8-18(17)23-20(24-21)16-5-3-4-6-19(16)27/h3-8,13-14,27H,9-12H2,1-2H3. The summed E-state index contributed by atoms with van der Waals surface area (Å²) in [4.78, 5) is 13.9. The van der Waals surface area contributed by atoms with Gasteiger partial charge in [-0.3, -0.25) is 4.90 Å². The fourth-order valence-electron chi connectivity index (χ4n) is 3.56. The minimum absolute atomic E-state index is 0.134. The first-order valence-corrected chi connectivity index (χ1v) is 9.27. The Morgan fingerprint density at radius 2 is 1.74 bits per heavy atom. The van der Waals surface area contributed by atoms with E-state index in [-0.39, 0.29) is 11.6 Å². The second-order valence-electron chi connectivity index (χ2n) is 7.17. The predicted molar refractivity (Wildman–Crippen MR) is 106 cm³/mol. The molecule has 3 aromatic rings. The molecule has 1 fully saturated rings. The van der Waals surface area contributed by atoms with Gasteiger partial charge in [0, 0.05) is 37.6 Å². The molecule has 0 saturated carbocycles. The molecule has 140 valence electrons. The van der Waals surface area contributed by atoms with Crippen LogP contribution in [-0.2, 0) is 0 Å². The van der Waals surface area contributed by atoms with Crippen LogP contribution in [-0.4, -0.2) is 52.2 Å². The molecule has 1 aliphatic rings. The van der Waals surface area contributed by atoms with Gasteiger partial charge in [-0.1, -0.05) is 12.1 Å². The smallest absolute Gasteiger partial charge is 0.165 e. The van der Waals surface area contributed by atoms with E-state index in [2.05, 4.69) is 28.6 Å². The SMILES string of the molecule is CC(C)N1CCN(c2nc(-c3ccccc3O)nc3ccc(F)cc23)CC1. The Hall–Kier alpha value is -2.73. The summed E-state index contributed by atoms with van der Waals surface area (Å²) >= 11 is 0. The summed E-state index contributed by atoms with van der Waals surface area (Å²) < 4.78 is 13.9. The molecule has 0 aliphatic carbocycles. The number of aromatic hydroxyl groups is 1. The van der Waals surface area contributed by atoms with Crippen LogP contribution in [0, 0.1) is 5.82 Å². The Balaban J connectivity index is 1.81. The maximum absolute atomic E-state index is 13.9. The third kappa shape index (κ3) is 3.45. The molecule has 0 radical (unpaired) electrons. The van der Waals surface area contributed by atoms with Gasteiger partial charge in [0.2, 0.25) is 0 Å². The van der Waals surface area contributed by atoms with Gasteiger partial charge in [-0.2, -0.15) is 0 Å². The first-order chi connectivity index (χ1) is 13.0. The summed E-state index contributed by atoms with van der Waals surface area (Å²) in [7, 11) is 0. The lowest BCUT2D eigenvalue weighted by atomic mass is 10.1. The van der Waals surface area contributed by atoms with Crippen molar-refractivity contribution >= 4 is 16.7 Å². The van der Waals surface area contributed by atoms with Crippen molar-refractivity contribution in [2.75, 3.05) is 31.1 Å². The first-order valence-electron chi connectivity index (χ1n) is 9.27. The van der Waals surface area contributed by atoms with E-state index < -0.39 is 0 Å². The van der Waals surface area contributed by atoms with Crippen molar-refractivity contribution in [3.63, 3.8) is 0 Å². The number of piperazine rings is 1. The predicted octanol–water partition coefficient (Wildman–Crippen LogP) is 3.67. The molecular formula is C21H23FN4O. The molecule has 27 heavy (non-hydrogen) atoms. The number of para-hydroxylation sites is 1. The van der Waals surface area contributed by atoms with Gasteiger partial charge in [0.05, 0.1) is 11.1 Å². The lowest BCUT2D eigenvalue weighted by Crippen LogP contribution is -2.49. The van der Waals surface area contributed by atoms with Crippen molar-refractivity contribution in [3.05, 3.63) is 48.3 Å². The second-order valence-corrected chi connectivity index (χ2v) is 7.17. The number of nitrogens with zero attached hydrogens (tertiary/aromatic N) is 4. The maximum atomic E-state index is 13.9. The molecule has 4 rings (SSSR count). The van der Waals surface area contributed by atoms with E-state index in [0.717, 1.165) is 32.0 Å². The van der Waals surface area contributed by atoms with Crippen LogP contribution in [0.2, 0.25) is 0 Å². The molecule has 1 saturated heterocycles. The Kier molecular flexibility index (Phi) is 4.66. The number of phenols is 1. The fourth-order valence-corrected chi connectivity index (χ4v) is 3.56. The van der Waals surface area contributed by atoms with Gasteiger partial charge < -0.3 is 10.0 Å². The summed E-state index contributed by atoms with van der Waals surface area (Å²) in [6.07, 6.45) is 0. The van der Waals surface area contributed by atoms with E-state index in [0.29, 0.717) is 28.3 Å². The summed E-state index contributed by atoms with van der Waals surface area (Å²) in [5, 5.41) is 10.9. The van der Waals surface area contributed by atoms with E-state index in [9.17, 15) is 9.50 Å². The van der Waals surface area contributed by atoms with Crippen LogP contribution >= 0.6 is 0 Å². The van der Waals surface area contributed by atoms with Gasteiger partial charge in [-0.05, 0) is 44.2 Å². The lowest BCUT2D eigenvalue weighted by Gasteiger charge is -2.37. The van der Waals surface area contributed by atoms with Crippen molar-refractivity contribution in [2.45, 2.75) is 19.9 Å². The first kappa shape index (κ1) is 17.7. The van der Waals surface area contributed by atoms with Gasteiger partial charge in [0.25, 0.3) is 0 Å². The lowest BCUT2D eigenvalue weighted by molar-refractivity contribution is 0.209. The molecule has 0 amide bonds. The third-order valence-corrected chi connectivity index (χ3v) is 5.13. The third-order valence-electron chi connectivity index (χ3n) is 5.13. The summed E-state index contributed by atoms with van der Waals surface area (Å²) in [5.41, 5.74) is 1.25. The van der Waals surface area contributed by atoms with Crippen LogP contribution in [0.1, 0.15) is 13.8 Å². The highest BCUT2D eigenvalue weighted by atomic mass is 19.1. The number of aromatic nitrogens is 2. The molecule has 1 aliphatic heterocycles. The van der Waals surface area contributed by atoms with Crippen LogP contribution in [0.25, 0.3) is 22.3 Å². The number of halogens is 1. The zero-order valence-electron chi connectivity index (χ0n) is 15.6. The Labute approximate surface area is 158 Å². The second kappa shape index (κ2) is 7.12. The van der Waals surface area contributed by atoms with E-state index in [1.54, 1.807) is 24.3 Å². The number of anilines is 1. The van der Waals surface area contributed by atoms with Gasteiger partial charge in [-0.25, -0.2) is 14.4 Å². The molecular weight excluding hydrogens is 343 g/mol. The monoisotopic (exact) mass is 366 g/mol. The summed E-state index contributed by atoms with van der Waals surface area (Å²) in [6.45, 7) is 7.90. The van der Waals surface area contributed by atoms with E-state index in [1.807, 2.05) is 6.07 Å². The normalized spacial score (nSPS) is 15.6. The number of phenolic OH excluding ortho intramolecular Hbond substituents is 1. The number of benzene rings is 2. The Morgan fingerprint density at radius 1 is 1.00 bits per heavy atom. The van der Waals surface area contributed by atoms with Crippen LogP contribution in [0.3, 0.4) is 0 Å². The quantitative estimate of drug-likeness (QED) is 0.766. The zero-order valence-corrected chi connectivity index (χ0v) is 15.6. The van der Waals surface area contributed by atoms with E-state index in [1.165, 1.54) is 12.1 Å². The van der Waals surface area contributed by atoms with Crippen molar-refractivity contribution in [2.24, 2.45) is 0 Å². The molecule has 1 aromatic heterocycles. The molecule has 0 spiro atoms. The van der Waals surface area contributed by atoms with Crippen molar-refractivity contribution in [1.29, 1.82) is 0 Å². The zero-order chi connectivity index (χ0) is 19.0. The number of hydrogen-bond donors (Lipinski definition) is 1. The molecule has 1 N–H and O–H groups in total. The fraction of sp³-hybridized carbons (Fsp3) is 0.333. The van der Waals surface area contributed by atoms with Gasteiger partial charge in [0.15, 0.2) is 5.82 Å². The minimum Gasteiger partial charge on any atom is -0.507 e. The molecule has 2 aromatic carbocycles. The summed E-state index contributed by atoms with van der Waals surface area (Å²) in [5.74, 6) is 1.01. The summed E-state index contributed by atoms with van der Waals surface area (Å²) in [6, 6.07) is 12.1. The van der Waals surface area contributed by atoms with E-state index in [4.69, 9.17) is 4.98 Å². The highest BCUT2D eigenvalue weighted by molar-refractivity contribution is 5.91. The van der Waals surface area contributed by atoms with Gasteiger partial charge in [0.1, 0.15) is 17.4 Å². The Morgan fingerprint density at radius 3 is 2.44 bits per heavy atom. The largest absolute Gasteiger partial charge is 0.507 e. The number of rotatable bonds is 3. The topological polar surface area (TPSA) is 52.5 Å². The van der Waals surface area contributed by atoms with Crippen molar-refractivity contribution in [3.8, 4) is 17.1 Å². The average molecular weight is 366 g/mol. The molecule has 6 heteroatoms. The van der Waals surface area contributed by atoms with Crippen LogP contribution in [0.15, 0.2) is 42.5 Å². The van der Waals surface area contributed by atoms with Crippen LogP contribution < -0.4 is 4.90 Å². The van der Waals surface area contributed by atoms with Gasteiger partial charge in [-0.15, -0.1) is 0 Å². The van der Waals surface area contributed by atoms with Crippen LogP contribution in [0.4, 0.5) is 10.2 Å². The number of hydrogen-bond acceptors (Lipinski definition) is 5.